The molecule has 0 aliphatic carbocycles. The van der Waals surface area contributed by atoms with Gasteiger partial charge in [-0.3, -0.25) is 14.9 Å². The minimum atomic E-state index is -0.460. The molecule has 2 heterocycles. The highest BCUT2D eigenvalue weighted by Gasteiger charge is 2.35. The Labute approximate surface area is 132 Å². The van der Waals surface area contributed by atoms with Crippen LogP contribution in [0.2, 0.25) is 0 Å². The number of nitrogens with zero attached hydrogens (tertiary/aromatic N) is 2. The highest BCUT2D eigenvalue weighted by Crippen LogP contribution is 2.27. The van der Waals surface area contributed by atoms with E-state index < -0.39 is 5.92 Å². The molecule has 0 radical (unpaired) electrons. The summed E-state index contributed by atoms with van der Waals surface area (Å²) in [6, 6.07) is 4.50. The van der Waals surface area contributed by atoms with Crippen molar-refractivity contribution in [2.24, 2.45) is 5.92 Å². The summed E-state index contributed by atoms with van der Waals surface area (Å²) in [6.07, 6.45) is 1.74. The zero-order valence-corrected chi connectivity index (χ0v) is 12.9. The Kier molecular flexibility index (Phi) is 3.85. The van der Waals surface area contributed by atoms with E-state index in [0.717, 1.165) is 5.69 Å². The molecule has 2 aromatic rings. The highest BCUT2D eigenvalue weighted by atomic mass is 19.1. The predicted molar refractivity (Wildman–Crippen MR) is 83.6 cm³/mol. The molecule has 3 rings (SSSR count). The van der Waals surface area contributed by atoms with Gasteiger partial charge >= 0.3 is 0 Å². The number of anilines is 2. The van der Waals surface area contributed by atoms with Crippen LogP contribution in [-0.4, -0.2) is 28.3 Å². The van der Waals surface area contributed by atoms with E-state index in [1.54, 1.807) is 25.3 Å². The molecule has 0 saturated carbocycles. The van der Waals surface area contributed by atoms with Crippen molar-refractivity contribution in [2.45, 2.75) is 20.3 Å². The zero-order valence-electron chi connectivity index (χ0n) is 12.9. The van der Waals surface area contributed by atoms with Crippen LogP contribution in [0, 0.1) is 25.6 Å². The van der Waals surface area contributed by atoms with Crippen LogP contribution in [-0.2, 0) is 9.59 Å². The summed E-state index contributed by atoms with van der Waals surface area (Å²) in [5.74, 6) is -0.807. The summed E-state index contributed by atoms with van der Waals surface area (Å²) in [5.41, 5.74) is 1.92. The van der Waals surface area contributed by atoms with Crippen LogP contribution in [0.15, 0.2) is 24.4 Å². The smallest absolute Gasteiger partial charge is 0.232 e. The summed E-state index contributed by atoms with van der Waals surface area (Å²) in [5, 5.41) is 2.67. The predicted octanol–water partition coefficient (Wildman–Crippen LogP) is 2.16. The van der Waals surface area contributed by atoms with Gasteiger partial charge in [0, 0.05) is 30.5 Å². The van der Waals surface area contributed by atoms with Gasteiger partial charge in [-0.2, -0.15) is 0 Å². The molecule has 1 atom stereocenters. The van der Waals surface area contributed by atoms with E-state index in [-0.39, 0.29) is 30.6 Å². The number of amides is 2. The summed E-state index contributed by atoms with van der Waals surface area (Å²) in [6.45, 7) is 3.75. The maximum absolute atomic E-state index is 13.4. The lowest BCUT2D eigenvalue weighted by atomic mass is 10.1. The molecule has 2 N–H and O–H groups in total. The van der Waals surface area contributed by atoms with Crippen molar-refractivity contribution >= 4 is 23.5 Å². The summed E-state index contributed by atoms with van der Waals surface area (Å²) >= 11 is 0. The van der Waals surface area contributed by atoms with Gasteiger partial charge in [0.05, 0.1) is 5.92 Å². The van der Waals surface area contributed by atoms with Crippen molar-refractivity contribution in [1.29, 1.82) is 0 Å². The maximum atomic E-state index is 13.4. The third-order valence-corrected chi connectivity index (χ3v) is 3.89. The maximum Gasteiger partial charge on any atom is 0.232 e. The minimum absolute atomic E-state index is 0.127. The first-order valence-corrected chi connectivity index (χ1v) is 7.33. The number of carbonyl (C=O) groups excluding carboxylic acids is 2. The second kappa shape index (κ2) is 5.83. The molecular weight excluding hydrogens is 299 g/mol. The molecular formula is C16H17FN4O2. The molecule has 2 amide bonds. The SMILES string of the molecule is Cc1cnc(NC(=O)C2CC(=O)N(c3ccc(F)c(C)c3)C2)[nH]1. The van der Waals surface area contributed by atoms with Crippen LogP contribution in [0.1, 0.15) is 17.7 Å². The summed E-state index contributed by atoms with van der Waals surface area (Å²) < 4.78 is 13.4. The summed E-state index contributed by atoms with van der Waals surface area (Å²) in [4.78, 5) is 32.9. The third kappa shape index (κ3) is 3.08. The van der Waals surface area contributed by atoms with Gasteiger partial charge in [0.1, 0.15) is 5.82 Å². The first kappa shape index (κ1) is 15.2. The molecule has 7 heteroatoms. The van der Waals surface area contributed by atoms with Crippen LogP contribution in [0.25, 0.3) is 0 Å². The molecule has 120 valence electrons. The Morgan fingerprint density at radius 2 is 2.22 bits per heavy atom. The van der Waals surface area contributed by atoms with Crippen LogP contribution in [0.4, 0.5) is 16.0 Å². The Bertz CT molecular complexity index is 771. The number of hydrogen-bond donors (Lipinski definition) is 2. The van der Waals surface area contributed by atoms with E-state index >= 15 is 0 Å². The largest absolute Gasteiger partial charge is 0.328 e. The number of hydrogen-bond acceptors (Lipinski definition) is 3. The van der Waals surface area contributed by atoms with E-state index in [2.05, 4.69) is 15.3 Å². The number of rotatable bonds is 3. The second-order valence-corrected chi connectivity index (χ2v) is 5.74. The lowest BCUT2D eigenvalue weighted by Crippen LogP contribution is -2.28. The van der Waals surface area contributed by atoms with Crippen molar-refractivity contribution in [2.75, 3.05) is 16.8 Å². The van der Waals surface area contributed by atoms with Gasteiger partial charge in [0.2, 0.25) is 17.8 Å². The third-order valence-electron chi connectivity index (χ3n) is 3.89. The van der Waals surface area contributed by atoms with Crippen LogP contribution < -0.4 is 10.2 Å². The lowest BCUT2D eigenvalue weighted by molar-refractivity contribution is -0.122. The first-order chi connectivity index (χ1) is 10.9. The molecule has 1 fully saturated rings. The van der Waals surface area contributed by atoms with E-state index in [1.807, 2.05) is 6.92 Å². The average molecular weight is 316 g/mol. The Morgan fingerprint density at radius 1 is 1.43 bits per heavy atom. The standard InChI is InChI=1S/C16H17FN4O2/c1-9-5-12(3-4-13(9)17)21-8-11(6-14(21)22)15(23)20-16-18-7-10(2)19-16/h3-5,7,11H,6,8H2,1-2H3,(H2,18,19,20,23). The number of nitrogens with one attached hydrogen (secondary N) is 2. The van der Waals surface area contributed by atoms with Gasteiger partial charge in [0.25, 0.3) is 0 Å². The fraction of sp³-hybridized carbons (Fsp3) is 0.312. The number of aromatic nitrogens is 2. The van der Waals surface area contributed by atoms with E-state index in [0.29, 0.717) is 17.2 Å². The van der Waals surface area contributed by atoms with E-state index in [1.165, 1.54) is 11.0 Å². The lowest BCUT2D eigenvalue weighted by Gasteiger charge is -2.17. The van der Waals surface area contributed by atoms with Crippen LogP contribution in [0.3, 0.4) is 0 Å². The Hall–Kier alpha value is -2.70. The van der Waals surface area contributed by atoms with Crippen molar-refractivity contribution in [1.82, 2.24) is 9.97 Å². The van der Waals surface area contributed by atoms with Gasteiger partial charge in [-0.25, -0.2) is 9.37 Å². The zero-order chi connectivity index (χ0) is 16.6. The second-order valence-electron chi connectivity index (χ2n) is 5.74. The monoisotopic (exact) mass is 316 g/mol. The number of aryl methyl sites for hydroxylation is 2. The highest BCUT2D eigenvalue weighted by molar-refractivity contribution is 6.03. The Balaban J connectivity index is 1.71. The molecule has 6 nitrogen and oxygen atoms in total. The quantitative estimate of drug-likeness (QED) is 0.911. The molecule has 1 aromatic carbocycles. The van der Waals surface area contributed by atoms with Crippen molar-refractivity contribution < 1.29 is 14.0 Å². The van der Waals surface area contributed by atoms with Crippen LogP contribution >= 0.6 is 0 Å². The number of H-pyrrole nitrogens is 1. The van der Waals surface area contributed by atoms with Gasteiger partial charge in [-0.05, 0) is 37.6 Å². The normalized spacial score (nSPS) is 17.6. The van der Waals surface area contributed by atoms with Gasteiger partial charge in [0.15, 0.2) is 0 Å². The minimum Gasteiger partial charge on any atom is -0.328 e. The molecule has 0 spiro atoms. The molecule has 23 heavy (non-hydrogen) atoms. The van der Waals surface area contributed by atoms with Crippen LogP contribution in [0.5, 0.6) is 0 Å². The van der Waals surface area contributed by atoms with E-state index in [4.69, 9.17) is 0 Å². The molecule has 1 aliphatic heterocycles. The number of aromatic amines is 1. The summed E-state index contributed by atoms with van der Waals surface area (Å²) in [7, 11) is 0. The fourth-order valence-corrected chi connectivity index (χ4v) is 2.62. The molecule has 1 aliphatic rings. The number of halogens is 1. The van der Waals surface area contributed by atoms with Gasteiger partial charge in [-0.1, -0.05) is 0 Å². The topological polar surface area (TPSA) is 78.1 Å². The Morgan fingerprint density at radius 3 is 2.87 bits per heavy atom. The van der Waals surface area contributed by atoms with Crippen molar-refractivity contribution in [3.05, 3.63) is 41.5 Å². The number of carbonyl (C=O) groups is 2. The fourth-order valence-electron chi connectivity index (χ4n) is 2.62. The molecule has 1 saturated heterocycles. The molecule has 0 bridgehead atoms. The van der Waals surface area contributed by atoms with Gasteiger partial charge < -0.3 is 9.88 Å². The van der Waals surface area contributed by atoms with Gasteiger partial charge in [-0.15, -0.1) is 0 Å². The van der Waals surface area contributed by atoms with E-state index in [9.17, 15) is 14.0 Å². The van der Waals surface area contributed by atoms with Crippen molar-refractivity contribution in [3.8, 4) is 0 Å². The first-order valence-electron chi connectivity index (χ1n) is 7.33. The molecule has 1 unspecified atom stereocenters. The average Bonchev–Trinajstić information content (AvgIpc) is 3.08. The van der Waals surface area contributed by atoms with Crippen molar-refractivity contribution in [3.63, 3.8) is 0 Å². The number of imidazole rings is 1. The molecule has 1 aromatic heterocycles. The number of benzene rings is 1.